The molecule has 1 N–H and O–H groups in total. The van der Waals surface area contributed by atoms with Crippen molar-refractivity contribution >= 4 is 23.9 Å². The Hall–Kier alpha value is -2.92. The Kier molecular flexibility index (Phi) is 10.9. The van der Waals surface area contributed by atoms with Gasteiger partial charge in [0.2, 0.25) is 10.0 Å². The minimum absolute atomic E-state index is 0.0266. The van der Waals surface area contributed by atoms with Crippen molar-refractivity contribution in [1.29, 1.82) is 0 Å². The molecule has 0 heterocycles. The Morgan fingerprint density at radius 3 is 1.92 bits per heavy atom. The maximum Gasteiger partial charge on any atom is 0.530 e. The van der Waals surface area contributed by atoms with E-state index in [9.17, 15) is 13.0 Å². The van der Waals surface area contributed by atoms with E-state index in [1.54, 1.807) is 32.0 Å². The first-order valence-corrected chi connectivity index (χ1v) is 14.0. The average molecular weight is 546 g/mol. The van der Waals surface area contributed by atoms with Gasteiger partial charge in [0.1, 0.15) is 17.2 Å². The summed E-state index contributed by atoms with van der Waals surface area (Å²) in [4.78, 5) is 0. The largest absolute Gasteiger partial charge is 0.530 e. The lowest BCUT2D eigenvalue weighted by Gasteiger charge is -2.19. The van der Waals surface area contributed by atoms with Gasteiger partial charge in [0.15, 0.2) is 11.5 Å². The molecule has 0 saturated heterocycles. The van der Waals surface area contributed by atoms with E-state index in [-0.39, 0.29) is 24.7 Å². The summed E-state index contributed by atoms with van der Waals surface area (Å²) in [6.45, 7) is 3.47. The van der Waals surface area contributed by atoms with Crippen molar-refractivity contribution in [2.75, 3.05) is 41.7 Å². The zero-order valence-electron chi connectivity index (χ0n) is 21.1. The van der Waals surface area contributed by atoms with Gasteiger partial charge < -0.3 is 23.5 Å². The smallest absolute Gasteiger partial charge is 0.496 e. The molecular formula is C23H32NO10PS. The third-order valence-corrected chi connectivity index (χ3v) is 7.40. The van der Waals surface area contributed by atoms with Crippen molar-refractivity contribution in [3.63, 3.8) is 0 Å². The van der Waals surface area contributed by atoms with E-state index in [1.165, 1.54) is 52.8 Å². The van der Waals surface area contributed by atoms with Crippen molar-refractivity contribution in [1.82, 2.24) is 4.72 Å². The van der Waals surface area contributed by atoms with Crippen LogP contribution in [0.25, 0.3) is 6.08 Å². The summed E-state index contributed by atoms with van der Waals surface area (Å²) in [5.41, 5.74) is 0.872. The molecule has 0 unspecified atom stereocenters. The monoisotopic (exact) mass is 545 g/mol. The van der Waals surface area contributed by atoms with Gasteiger partial charge in [0.05, 0.1) is 53.0 Å². The van der Waals surface area contributed by atoms with Gasteiger partial charge >= 0.3 is 7.82 Å². The maximum absolute atomic E-state index is 12.8. The van der Waals surface area contributed by atoms with E-state index in [0.29, 0.717) is 28.4 Å². The van der Waals surface area contributed by atoms with Gasteiger partial charge in [0.25, 0.3) is 0 Å². The van der Waals surface area contributed by atoms with Crippen LogP contribution in [0.15, 0.2) is 36.5 Å². The molecule has 0 atom stereocenters. The van der Waals surface area contributed by atoms with Crippen LogP contribution < -0.4 is 28.2 Å². The fourth-order valence-electron chi connectivity index (χ4n) is 3.09. The molecule has 0 radical (unpaired) electrons. The highest BCUT2D eigenvalue weighted by atomic mass is 32.2. The van der Waals surface area contributed by atoms with Crippen LogP contribution in [0.1, 0.15) is 25.0 Å². The van der Waals surface area contributed by atoms with Gasteiger partial charge in [-0.05, 0) is 37.6 Å². The molecule has 0 saturated carbocycles. The highest BCUT2D eigenvalue weighted by molar-refractivity contribution is 7.88. The lowest BCUT2D eigenvalue weighted by Crippen LogP contribution is -2.19. The number of benzene rings is 2. The lowest BCUT2D eigenvalue weighted by atomic mass is 10.1. The van der Waals surface area contributed by atoms with Crippen LogP contribution in [-0.2, 0) is 29.4 Å². The summed E-state index contributed by atoms with van der Waals surface area (Å²) >= 11 is 0. The van der Waals surface area contributed by atoms with Gasteiger partial charge in [-0.3, -0.25) is 13.8 Å². The number of sulfonamides is 1. The Morgan fingerprint density at radius 1 is 0.833 bits per heavy atom. The second-order valence-electron chi connectivity index (χ2n) is 7.02. The molecule has 2 rings (SSSR count). The Balaban J connectivity index is 2.25. The van der Waals surface area contributed by atoms with Crippen LogP contribution in [0, 0.1) is 0 Å². The number of ether oxygens (including phenoxy) is 4. The lowest BCUT2D eigenvalue weighted by molar-refractivity contribution is 0.166. The molecule has 200 valence electrons. The van der Waals surface area contributed by atoms with Gasteiger partial charge in [-0.1, -0.05) is 6.07 Å². The molecule has 36 heavy (non-hydrogen) atoms. The molecule has 0 aromatic heterocycles. The number of rotatable bonds is 15. The fraction of sp³-hybridized carbons (Fsp3) is 0.391. The fourth-order valence-corrected chi connectivity index (χ4v) is 5.26. The first kappa shape index (κ1) is 29.3. The summed E-state index contributed by atoms with van der Waals surface area (Å²) in [6, 6.07) is 7.77. The van der Waals surface area contributed by atoms with Crippen LogP contribution in [0.2, 0.25) is 0 Å². The second kappa shape index (κ2) is 13.4. The standard InChI is InChI=1S/C23H32NO10PS/c1-7-32-35(25,33-8-2)34-23-13-17(9-10-20(23)29-4)16-36(26,27)24-12-11-19-21(30-5)14-18(28-3)15-22(19)31-6/h9-15,24H,7-8,16H2,1-6H3. The van der Waals surface area contributed by atoms with E-state index in [4.69, 9.17) is 32.5 Å². The van der Waals surface area contributed by atoms with Gasteiger partial charge in [0, 0.05) is 18.3 Å². The zero-order valence-corrected chi connectivity index (χ0v) is 22.8. The van der Waals surface area contributed by atoms with E-state index < -0.39 is 23.6 Å². The molecule has 0 aliphatic rings. The van der Waals surface area contributed by atoms with Crippen LogP contribution in [0.3, 0.4) is 0 Å². The number of hydrogen-bond donors (Lipinski definition) is 1. The summed E-state index contributed by atoms with van der Waals surface area (Å²) in [5.74, 6) is 1.26. The van der Waals surface area contributed by atoms with Crippen LogP contribution >= 0.6 is 7.82 Å². The molecule has 11 nitrogen and oxygen atoms in total. The van der Waals surface area contributed by atoms with E-state index in [2.05, 4.69) is 4.72 Å². The molecule has 2 aromatic carbocycles. The molecule has 0 amide bonds. The molecular weight excluding hydrogens is 513 g/mol. The summed E-state index contributed by atoms with van der Waals surface area (Å²) in [6.07, 6.45) is 2.78. The van der Waals surface area contributed by atoms with Crippen molar-refractivity contribution in [3.8, 4) is 28.7 Å². The third kappa shape index (κ3) is 8.06. The Labute approximate surface area is 211 Å². The number of methoxy groups -OCH3 is 4. The molecule has 2 aromatic rings. The van der Waals surface area contributed by atoms with Crippen LogP contribution in [0.5, 0.6) is 28.7 Å². The van der Waals surface area contributed by atoms with Gasteiger partial charge in [-0.15, -0.1) is 0 Å². The number of hydrogen-bond acceptors (Lipinski definition) is 10. The number of phosphoric ester groups is 1. The first-order valence-electron chi connectivity index (χ1n) is 10.9. The summed E-state index contributed by atoms with van der Waals surface area (Å²) < 4.78 is 77.6. The van der Waals surface area contributed by atoms with Gasteiger partial charge in [-0.25, -0.2) is 13.0 Å². The minimum Gasteiger partial charge on any atom is -0.496 e. The van der Waals surface area contributed by atoms with Crippen molar-refractivity contribution in [2.24, 2.45) is 0 Å². The van der Waals surface area contributed by atoms with Crippen molar-refractivity contribution in [3.05, 3.63) is 47.7 Å². The van der Waals surface area contributed by atoms with Crippen LogP contribution in [-0.4, -0.2) is 50.1 Å². The molecule has 0 spiro atoms. The average Bonchev–Trinajstić information content (AvgIpc) is 2.83. The highest BCUT2D eigenvalue weighted by Gasteiger charge is 2.29. The van der Waals surface area contributed by atoms with Crippen molar-refractivity contribution in [2.45, 2.75) is 19.6 Å². The Bertz CT molecular complexity index is 1160. The predicted molar refractivity (Wildman–Crippen MR) is 135 cm³/mol. The minimum atomic E-state index is -3.91. The van der Waals surface area contributed by atoms with Crippen molar-refractivity contribution < 1.29 is 45.5 Å². The molecule has 0 bridgehead atoms. The molecule has 0 aliphatic heterocycles. The molecule has 13 heteroatoms. The normalized spacial score (nSPS) is 11.8. The SMILES string of the molecule is CCOP(=O)(OCC)Oc1cc(CS(=O)(=O)NC=Cc2c(OC)cc(OC)cc2OC)ccc1OC. The Morgan fingerprint density at radius 2 is 1.42 bits per heavy atom. The van der Waals surface area contributed by atoms with E-state index >= 15 is 0 Å². The highest BCUT2D eigenvalue weighted by Crippen LogP contribution is 2.51. The topological polar surface area (TPSA) is 128 Å². The van der Waals surface area contributed by atoms with E-state index in [1.807, 2.05) is 0 Å². The molecule has 0 fully saturated rings. The second-order valence-corrected chi connectivity index (χ2v) is 10.4. The van der Waals surface area contributed by atoms with Gasteiger partial charge in [-0.2, -0.15) is 0 Å². The summed E-state index contributed by atoms with van der Waals surface area (Å²) in [5, 5.41) is 0. The number of nitrogens with one attached hydrogen (secondary N) is 1. The predicted octanol–water partition coefficient (Wildman–Crippen LogP) is 4.37. The van der Waals surface area contributed by atoms with Crippen LogP contribution in [0.4, 0.5) is 0 Å². The maximum atomic E-state index is 12.8. The number of phosphoric acid groups is 1. The third-order valence-electron chi connectivity index (χ3n) is 4.62. The first-order chi connectivity index (χ1) is 17.1. The van der Waals surface area contributed by atoms with E-state index in [0.717, 1.165) is 0 Å². The summed E-state index contributed by atoms with van der Waals surface area (Å²) in [7, 11) is -1.87. The quantitative estimate of drug-likeness (QED) is 0.322. The molecule has 0 aliphatic carbocycles. The zero-order chi connectivity index (χ0) is 26.8.